The molecule has 0 amide bonds. The van der Waals surface area contributed by atoms with E-state index in [0.29, 0.717) is 6.04 Å². The van der Waals surface area contributed by atoms with Crippen LogP contribution in [0.5, 0.6) is 0 Å². The molecule has 2 unspecified atom stereocenters. The van der Waals surface area contributed by atoms with E-state index in [9.17, 15) is 5.11 Å². The highest BCUT2D eigenvalue weighted by molar-refractivity contribution is 4.78. The van der Waals surface area contributed by atoms with Gasteiger partial charge in [-0.15, -0.1) is 0 Å². The Balaban J connectivity index is 2.23. The molecular weight excluding hydrogens is 226 g/mol. The molecule has 0 aliphatic carbocycles. The predicted molar refractivity (Wildman–Crippen MR) is 76.9 cm³/mol. The van der Waals surface area contributed by atoms with Crippen LogP contribution in [0.25, 0.3) is 0 Å². The van der Waals surface area contributed by atoms with Crippen molar-refractivity contribution < 1.29 is 5.11 Å². The number of likely N-dealkylation sites (N-methyl/N-ethyl adjacent to an activating group) is 2. The van der Waals surface area contributed by atoms with Crippen molar-refractivity contribution in [1.82, 2.24) is 15.1 Å². The van der Waals surface area contributed by atoms with Gasteiger partial charge in [-0.2, -0.15) is 0 Å². The first-order chi connectivity index (χ1) is 8.67. The molecule has 0 aromatic rings. The topological polar surface area (TPSA) is 38.7 Å². The van der Waals surface area contributed by atoms with Crippen molar-refractivity contribution >= 4 is 0 Å². The molecule has 1 rings (SSSR count). The maximum atomic E-state index is 9.33. The van der Waals surface area contributed by atoms with E-state index in [2.05, 4.69) is 36.1 Å². The van der Waals surface area contributed by atoms with Crippen LogP contribution in [-0.4, -0.2) is 73.9 Å². The van der Waals surface area contributed by atoms with E-state index < -0.39 is 0 Å². The number of hydrogen-bond donors (Lipinski definition) is 2. The molecule has 2 N–H and O–H groups in total. The van der Waals surface area contributed by atoms with Gasteiger partial charge in [0.1, 0.15) is 0 Å². The molecule has 2 atom stereocenters. The van der Waals surface area contributed by atoms with Crippen LogP contribution in [0.3, 0.4) is 0 Å². The summed E-state index contributed by atoms with van der Waals surface area (Å²) in [5.41, 5.74) is 0. The Labute approximate surface area is 112 Å². The van der Waals surface area contributed by atoms with E-state index in [0.717, 1.165) is 25.9 Å². The van der Waals surface area contributed by atoms with Gasteiger partial charge >= 0.3 is 0 Å². The average Bonchev–Trinajstić information content (AvgIpc) is 2.38. The Morgan fingerprint density at radius 1 is 1.50 bits per heavy atom. The van der Waals surface area contributed by atoms with Gasteiger partial charge in [0.25, 0.3) is 0 Å². The van der Waals surface area contributed by atoms with Crippen LogP contribution >= 0.6 is 0 Å². The number of nitrogens with one attached hydrogen (secondary N) is 1. The molecule has 0 spiro atoms. The van der Waals surface area contributed by atoms with Gasteiger partial charge in [-0.25, -0.2) is 0 Å². The Kier molecular flexibility index (Phi) is 7.82. The SMILES string of the molecule is CCCNC(CO)CCN(C)C1CCCN(C)C1. The minimum atomic E-state index is 0.248. The number of aliphatic hydroxyl groups excluding tert-OH is 1. The van der Waals surface area contributed by atoms with Crippen LogP contribution in [0.1, 0.15) is 32.6 Å². The lowest BCUT2D eigenvalue weighted by Gasteiger charge is -2.36. The zero-order chi connectivity index (χ0) is 13.4. The van der Waals surface area contributed by atoms with Crippen LogP contribution in [0, 0.1) is 0 Å². The molecule has 0 aromatic heterocycles. The number of aliphatic hydroxyl groups is 1. The van der Waals surface area contributed by atoms with Gasteiger partial charge in [-0.3, -0.25) is 0 Å². The van der Waals surface area contributed by atoms with Gasteiger partial charge in [0.15, 0.2) is 0 Å². The second-order valence-electron chi connectivity index (χ2n) is 5.66. The average molecular weight is 257 g/mol. The maximum Gasteiger partial charge on any atom is 0.0585 e. The van der Waals surface area contributed by atoms with E-state index in [1.54, 1.807) is 0 Å². The van der Waals surface area contributed by atoms with Crippen molar-refractivity contribution in [3.8, 4) is 0 Å². The summed E-state index contributed by atoms with van der Waals surface area (Å²) in [4.78, 5) is 4.88. The minimum absolute atomic E-state index is 0.248. The number of piperidine rings is 1. The van der Waals surface area contributed by atoms with Crippen LogP contribution in [0.15, 0.2) is 0 Å². The van der Waals surface area contributed by atoms with Crippen molar-refractivity contribution in [2.45, 2.75) is 44.7 Å². The molecule has 4 heteroatoms. The molecule has 1 aliphatic rings. The number of rotatable bonds is 8. The summed E-state index contributed by atoms with van der Waals surface area (Å²) in [6.07, 6.45) is 4.78. The third-order valence-corrected chi connectivity index (χ3v) is 3.96. The highest BCUT2D eigenvalue weighted by Crippen LogP contribution is 2.13. The zero-order valence-electron chi connectivity index (χ0n) is 12.4. The minimum Gasteiger partial charge on any atom is -0.395 e. The van der Waals surface area contributed by atoms with Crippen molar-refractivity contribution in [2.24, 2.45) is 0 Å². The highest BCUT2D eigenvalue weighted by Gasteiger charge is 2.21. The summed E-state index contributed by atoms with van der Waals surface area (Å²) in [7, 11) is 4.43. The van der Waals surface area contributed by atoms with E-state index in [-0.39, 0.29) is 12.6 Å². The molecule has 0 saturated carbocycles. The molecule has 1 heterocycles. The molecule has 0 radical (unpaired) electrons. The lowest BCUT2D eigenvalue weighted by atomic mass is 10.0. The third kappa shape index (κ3) is 5.65. The van der Waals surface area contributed by atoms with Gasteiger partial charge in [-0.05, 0) is 59.4 Å². The number of likely N-dealkylation sites (tertiary alicyclic amines) is 1. The molecule has 0 bridgehead atoms. The van der Waals surface area contributed by atoms with Gasteiger partial charge in [0.2, 0.25) is 0 Å². The fourth-order valence-electron chi connectivity index (χ4n) is 2.65. The van der Waals surface area contributed by atoms with Gasteiger partial charge in [-0.1, -0.05) is 6.92 Å². The first-order valence-corrected chi connectivity index (χ1v) is 7.40. The summed E-state index contributed by atoms with van der Waals surface area (Å²) in [5, 5.41) is 12.7. The summed E-state index contributed by atoms with van der Waals surface area (Å²) in [6, 6.07) is 0.947. The van der Waals surface area contributed by atoms with Crippen LogP contribution in [0.4, 0.5) is 0 Å². The first-order valence-electron chi connectivity index (χ1n) is 7.40. The summed E-state index contributed by atoms with van der Waals surface area (Å²) in [6.45, 7) is 6.90. The van der Waals surface area contributed by atoms with Crippen LogP contribution in [-0.2, 0) is 0 Å². The van der Waals surface area contributed by atoms with Gasteiger partial charge < -0.3 is 20.2 Å². The van der Waals surface area contributed by atoms with Crippen molar-refractivity contribution in [3.63, 3.8) is 0 Å². The quantitative estimate of drug-likeness (QED) is 0.673. The fraction of sp³-hybridized carbons (Fsp3) is 1.00. The van der Waals surface area contributed by atoms with Gasteiger partial charge in [0, 0.05) is 18.6 Å². The maximum absolute atomic E-state index is 9.33. The summed E-state index contributed by atoms with van der Waals surface area (Å²) in [5.74, 6) is 0. The first kappa shape index (κ1) is 15.9. The van der Waals surface area contributed by atoms with Gasteiger partial charge in [0.05, 0.1) is 6.61 Å². The predicted octanol–water partition coefficient (Wildman–Crippen LogP) is 0.763. The lowest BCUT2D eigenvalue weighted by Crippen LogP contribution is -2.46. The van der Waals surface area contributed by atoms with Crippen molar-refractivity contribution in [3.05, 3.63) is 0 Å². The monoisotopic (exact) mass is 257 g/mol. The van der Waals surface area contributed by atoms with E-state index in [4.69, 9.17) is 0 Å². The lowest BCUT2D eigenvalue weighted by molar-refractivity contribution is 0.125. The normalized spacial score (nSPS) is 23.5. The fourth-order valence-corrected chi connectivity index (χ4v) is 2.65. The summed E-state index contributed by atoms with van der Waals surface area (Å²) < 4.78 is 0. The Morgan fingerprint density at radius 3 is 2.89 bits per heavy atom. The van der Waals surface area contributed by atoms with E-state index >= 15 is 0 Å². The second-order valence-corrected chi connectivity index (χ2v) is 5.66. The molecule has 4 nitrogen and oxygen atoms in total. The van der Waals surface area contributed by atoms with Crippen LogP contribution in [0.2, 0.25) is 0 Å². The zero-order valence-corrected chi connectivity index (χ0v) is 12.4. The third-order valence-electron chi connectivity index (χ3n) is 3.96. The molecule has 1 fully saturated rings. The Morgan fingerprint density at radius 2 is 2.28 bits per heavy atom. The number of hydrogen-bond acceptors (Lipinski definition) is 4. The van der Waals surface area contributed by atoms with Crippen molar-refractivity contribution in [2.75, 3.05) is 46.9 Å². The summed E-state index contributed by atoms with van der Waals surface area (Å²) >= 11 is 0. The Bertz CT molecular complexity index is 213. The molecule has 18 heavy (non-hydrogen) atoms. The molecule has 1 saturated heterocycles. The smallest absolute Gasteiger partial charge is 0.0585 e. The number of nitrogens with zero attached hydrogens (tertiary/aromatic N) is 2. The molecular formula is C14H31N3O. The van der Waals surface area contributed by atoms with E-state index in [1.165, 1.54) is 25.9 Å². The van der Waals surface area contributed by atoms with Crippen LogP contribution < -0.4 is 5.32 Å². The second kappa shape index (κ2) is 8.86. The Hall–Kier alpha value is -0.160. The standard InChI is InChI=1S/C14H31N3O/c1-4-8-15-13(12-18)7-10-17(3)14-6-5-9-16(2)11-14/h13-15,18H,4-12H2,1-3H3. The highest BCUT2D eigenvalue weighted by atomic mass is 16.3. The molecule has 0 aromatic carbocycles. The van der Waals surface area contributed by atoms with Crippen molar-refractivity contribution in [1.29, 1.82) is 0 Å². The molecule has 108 valence electrons. The largest absolute Gasteiger partial charge is 0.395 e. The van der Waals surface area contributed by atoms with E-state index in [1.807, 2.05) is 0 Å². The molecule has 1 aliphatic heterocycles.